The van der Waals surface area contributed by atoms with Crippen LogP contribution in [0.5, 0.6) is 5.75 Å². The van der Waals surface area contributed by atoms with Crippen LogP contribution in [0.25, 0.3) is 0 Å². The molecule has 0 atom stereocenters. The highest BCUT2D eigenvalue weighted by molar-refractivity contribution is 9.10. The smallest absolute Gasteiger partial charge is 0.251 e. The molecule has 0 bridgehead atoms. The molecule has 0 aliphatic carbocycles. The number of carbonyl (C=O) groups is 1. The predicted octanol–water partition coefficient (Wildman–Crippen LogP) is 2.89. The van der Waals surface area contributed by atoms with Gasteiger partial charge in [-0.1, -0.05) is 0 Å². The Balaban J connectivity index is 1.91. The number of hydrogen-bond acceptors (Lipinski definition) is 4. The van der Waals surface area contributed by atoms with Gasteiger partial charge in [-0.25, -0.2) is 4.98 Å². The van der Waals surface area contributed by atoms with Crippen molar-refractivity contribution in [2.45, 2.75) is 6.42 Å². The Bertz CT molecular complexity index is 558. The molecule has 19 heavy (non-hydrogen) atoms. The van der Waals surface area contributed by atoms with E-state index in [1.54, 1.807) is 42.8 Å². The number of methoxy groups -OCH3 is 1. The first kappa shape index (κ1) is 14.0. The van der Waals surface area contributed by atoms with Gasteiger partial charge in [0.05, 0.1) is 16.6 Å². The van der Waals surface area contributed by atoms with Crippen LogP contribution in [0, 0.1) is 0 Å². The van der Waals surface area contributed by atoms with E-state index in [1.807, 2.05) is 5.38 Å². The topological polar surface area (TPSA) is 51.2 Å². The summed E-state index contributed by atoms with van der Waals surface area (Å²) < 4.78 is 5.89. The van der Waals surface area contributed by atoms with Gasteiger partial charge in [0.2, 0.25) is 0 Å². The Kier molecular flexibility index (Phi) is 4.93. The summed E-state index contributed by atoms with van der Waals surface area (Å²) in [5.74, 6) is 0.610. The summed E-state index contributed by atoms with van der Waals surface area (Å²) in [6.45, 7) is 0.579. The van der Waals surface area contributed by atoms with E-state index in [-0.39, 0.29) is 5.91 Å². The second-order valence-electron chi connectivity index (χ2n) is 3.78. The third-order valence-corrected chi connectivity index (χ3v) is 3.98. The summed E-state index contributed by atoms with van der Waals surface area (Å²) in [4.78, 5) is 16.1. The lowest BCUT2D eigenvalue weighted by Gasteiger charge is -2.07. The monoisotopic (exact) mass is 340 g/mol. The van der Waals surface area contributed by atoms with E-state index < -0.39 is 0 Å². The Morgan fingerprint density at radius 3 is 3.00 bits per heavy atom. The molecule has 0 saturated carbocycles. The van der Waals surface area contributed by atoms with Gasteiger partial charge in [-0.05, 0) is 34.1 Å². The lowest BCUT2D eigenvalue weighted by atomic mass is 10.2. The van der Waals surface area contributed by atoms with Gasteiger partial charge >= 0.3 is 0 Å². The van der Waals surface area contributed by atoms with Crippen LogP contribution in [0.2, 0.25) is 0 Å². The van der Waals surface area contributed by atoms with Crippen molar-refractivity contribution >= 4 is 33.2 Å². The van der Waals surface area contributed by atoms with Crippen LogP contribution in [0.3, 0.4) is 0 Å². The SMILES string of the molecule is COc1ccc(C(=O)NCCc2nccs2)cc1Br. The minimum atomic E-state index is -0.0973. The van der Waals surface area contributed by atoms with E-state index in [0.29, 0.717) is 17.9 Å². The number of nitrogens with zero attached hydrogens (tertiary/aromatic N) is 1. The highest BCUT2D eigenvalue weighted by Crippen LogP contribution is 2.25. The summed E-state index contributed by atoms with van der Waals surface area (Å²) in [7, 11) is 1.59. The predicted molar refractivity (Wildman–Crippen MR) is 78.8 cm³/mol. The average Bonchev–Trinajstić information content (AvgIpc) is 2.91. The van der Waals surface area contributed by atoms with Crippen molar-refractivity contribution < 1.29 is 9.53 Å². The second kappa shape index (κ2) is 6.68. The molecule has 1 aromatic carbocycles. The fraction of sp³-hybridized carbons (Fsp3) is 0.231. The number of nitrogens with one attached hydrogen (secondary N) is 1. The van der Waals surface area contributed by atoms with Crippen molar-refractivity contribution in [3.05, 3.63) is 44.8 Å². The van der Waals surface area contributed by atoms with Gasteiger partial charge in [0.15, 0.2) is 0 Å². The molecule has 0 aliphatic rings. The summed E-state index contributed by atoms with van der Waals surface area (Å²) >= 11 is 4.95. The summed E-state index contributed by atoms with van der Waals surface area (Å²) in [6, 6.07) is 5.25. The van der Waals surface area contributed by atoms with Crippen molar-refractivity contribution in [3.8, 4) is 5.75 Å². The Morgan fingerprint density at radius 1 is 1.53 bits per heavy atom. The van der Waals surface area contributed by atoms with Crippen LogP contribution in [0.15, 0.2) is 34.2 Å². The van der Waals surface area contributed by atoms with E-state index >= 15 is 0 Å². The minimum absolute atomic E-state index is 0.0973. The Labute approximate surface area is 124 Å². The zero-order valence-electron chi connectivity index (χ0n) is 10.4. The van der Waals surface area contributed by atoms with Gasteiger partial charge in [-0.2, -0.15) is 0 Å². The van der Waals surface area contributed by atoms with E-state index in [1.165, 1.54) is 0 Å². The molecule has 6 heteroatoms. The van der Waals surface area contributed by atoms with E-state index in [0.717, 1.165) is 15.9 Å². The average molecular weight is 341 g/mol. The lowest BCUT2D eigenvalue weighted by molar-refractivity contribution is 0.0954. The van der Waals surface area contributed by atoms with Crippen LogP contribution < -0.4 is 10.1 Å². The molecule has 0 radical (unpaired) electrons. The maximum Gasteiger partial charge on any atom is 0.251 e. The van der Waals surface area contributed by atoms with Gasteiger partial charge in [-0.3, -0.25) is 4.79 Å². The first-order valence-electron chi connectivity index (χ1n) is 5.71. The van der Waals surface area contributed by atoms with Crippen LogP contribution in [-0.4, -0.2) is 24.5 Å². The first-order valence-corrected chi connectivity index (χ1v) is 7.38. The second-order valence-corrected chi connectivity index (χ2v) is 5.61. The van der Waals surface area contributed by atoms with Gasteiger partial charge in [0, 0.05) is 30.1 Å². The first-order chi connectivity index (χ1) is 9.20. The quantitative estimate of drug-likeness (QED) is 0.910. The summed E-state index contributed by atoms with van der Waals surface area (Å²) in [5, 5.41) is 5.82. The van der Waals surface area contributed by atoms with Crippen LogP contribution >= 0.6 is 27.3 Å². The van der Waals surface area contributed by atoms with E-state index in [2.05, 4.69) is 26.2 Å². The number of ether oxygens (including phenoxy) is 1. The van der Waals surface area contributed by atoms with Crippen molar-refractivity contribution in [2.24, 2.45) is 0 Å². The number of amides is 1. The molecule has 100 valence electrons. The van der Waals surface area contributed by atoms with Gasteiger partial charge < -0.3 is 10.1 Å². The lowest BCUT2D eigenvalue weighted by Crippen LogP contribution is -2.25. The molecule has 1 heterocycles. The van der Waals surface area contributed by atoms with Gasteiger partial charge in [0.1, 0.15) is 5.75 Å². The zero-order chi connectivity index (χ0) is 13.7. The number of halogens is 1. The number of hydrogen-bond donors (Lipinski definition) is 1. The Morgan fingerprint density at radius 2 is 2.37 bits per heavy atom. The molecular formula is C13H13BrN2O2S. The molecule has 0 spiro atoms. The summed E-state index contributed by atoms with van der Waals surface area (Å²) in [6.07, 6.45) is 2.52. The largest absolute Gasteiger partial charge is 0.496 e. The number of rotatable bonds is 5. The maximum absolute atomic E-state index is 11.9. The molecule has 0 aliphatic heterocycles. The number of thiazole rings is 1. The van der Waals surface area contributed by atoms with Crippen LogP contribution in [0.4, 0.5) is 0 Å². The maximum atomic E-state index is 11.9. The standard InChI is InChI=1S/C13H13BrN2O2S/c1-18-11-3-2-9(8-10(11)14)13(17)16-5-4-12-15-6-7-19-12/h2-3,6-8H,4-5H2,1H3,(H,16,17). The third kappa shape index (κ3) is 3.78. The van der Waals surface area contributed by atoms with Crippen LogP contribution in [-0.2, 0) is 6.42 Å². The van der Waals surface area contributed by atoms with Crippen molar-refractivity contribution in [2.75, 3.05) is 13.7 Å². The van der Waals surface area contributed by atoms with E-state index in [9.17, 15) is 4.79 Å². The molecule has 2 rings (SSSR count). The molecule has 1 N–H and O–H groups in total. The van der Waals surface area contributed by atoms with Gasteiger partial charge in [-0.15, -0.1) is 11.3 Å². The van der Waals surface area contributed by atoms with Crippen molar-refractivity contribution in [1.29, 1.82) is 0 Å². The highest BCUT2D eigenvalue weighted by atomic mass is 79.9. The summed E-state index contributed by atoms with van der Waals surface area (Å²) in [5.41, 5.74) is 0.604. The van der Waals surface area contributed by atoms with Crippen molar-refractivity contribution in [1.82, 2.24) is 10.3 Å². The molecule has 4 nitrogen and oxygen atoms in total. The minimum Gasteiger partial charge on any atom is -0.496 e. The van der Waals surface area contributed by atoms with E-state index in [4.69, 9.17) is 4.74 Å². The molecule has 1 aromatic heterocycles. The molecule has 0 unspecified atom stereocenters. The van der Waals surface area contributed by atoms with Crippen LogP contribution in [0.1, 0.15) is 15.4 Å². The fourth-order valence-corrected chi connectivity index (χ4v) is 2.73. The fourth-order valence-electron chi connectivity index (χ4n) is 1.57. The number of benzene rings is 1. The molecule has 2 aromatic rings. The number of carbonyl (C=O) groups excluding carboxylic acids is 1. The Hall–Kier alpha value is -1.40. The zero-order valence-corrected chi connectivity index (χ0v) is 12.8. The highest BCUT2D eigenvalue weighted by Gasteiger charge is 2.08. The molecular weight excluding hydrogens is 328 g/mol. The van der Waals surface area contributed by atoms with Gasteiger partial charge in [0.25, 0.3) is 5.91 Å². The molecule has 1 amide bonds. The molecule has 0 saturated heterocycles. The normalized spacial score (nSPS) is 10.2. The third-order valence-electron chi connectivity index (χ3n) is 2.52. The molecule has 0 fully saturated rings. The number of aromatic nitrogens is 1. The van der Waals surface area contributed by atoms with Crippen molar-refractivity contribution in [3.63, 3.8) is 0 Å².